The summed E-state index contributed by atoms with van der Waals surface area (Å²) >= 11 is 0. The van der Waals surface area contributed by atoms with E-state index in [1.165, 1.54) is 7.11 Å². The van der Waals surface area contributed by atoms with Crippen LogP contribution in [0.15, 0.2) is 18.3 Å². The molecule has 3 heterocycles. The molecular formula is C16H24BN3O4. The van der Waals surface area contributed by atoms with Gasteiger partial charge in [-0.15, -0.1) is 0 Å². The fourth-order valence-corrected chi connectivity index (χ4v) is 2.69. The van der Waals surface area contributed by atoms with Gasteiger partial charge in [0.1, 0.15) is 5.82 Å². The van der Waals surface area contributed by atoms with Gasteiger partial charge in [0, 0.05) is 24.7 Å². The molecule has 1 amide bonds. The number of pyridine rings is 1. The molecule has 2 fully saturated rings. The van der Waals surface area contributed by atoms with Crippen molar-refractivity contribution in [3.05, 3.63) is 18.3 Å². The number of carbonyl (C=O) groups is 1. The molecule has 1 aromatic rings. The molecule has 2 aliphatic heterocycles. The van der Waals surface area contributed by atoms with Crippen LogP contribution >= 0.6 is 0 Å². The van der Waals surface area contributed by atoms with Crippen LogP contribution in [0, 0.1) is 0 Å². The standard InChI is InChI=1S/C16H24BN3O4/c1-15(2)16(3,4)24-17(23-15)11-6-7-13(18-8-11)20-9-12(10-20)19-14(21)22-5/h6-8,12H,9-10H2,1-5H3,(H,19,21). The van der Waals surface area contributed by atoms with Crippen LogP contribution in [0.25, 0.3) is 0 Å². The lowest BCUT2D eigenvalue weighted by molar-refractivity contribution is 0.00578. The quantitative estimate of drug-likeness (QED) is 0.830. The largest absolute Gasteiger partial charge is 0.496 e. The van der Waals surface area contributed by atoms with Crippen molar-refractivity contribution in [2.24, 2.45) is 0 Å². The molecule has 0 aliphatic carbocycles. The van der Waals surface area contributed by atoms with E-state index in [4.69, 9.17) is 9.31 Å². The second-order valence-corrected chi connectivity index (χ2v) is 7.28. The molecule has 0 aromatic carbocycles. The summed E-state index contributed by atoms with van der Waals surface area (Å²) in [5, 5.41) is 2.77. The number of ether oxygens (including phenoxy) is 1. The number of anilines is 1. The van der Waals surface area contributed by atoms with Gasteiger partial charge in [0.05, 0.1) is 24.4 Å². The molecule has 24 heavy (non-hydrogen) atoms. The Morgan fingerprint density at radius 3 is 2.42 bits per heavy atom. The highest BCUT2D eigenvalue weighted by Gasteiger charge is 2.51. The molecular weight excluding hydrogens is 309 g/mol. The van der Waals surface area contributed by atoms with Gasteiger partial charge in [0.2, 0.25) is 0 Å². The number of aromatic nitrogens is 1. The summed E-state index contributed by atoms with van der Waals surface area (Å²) in [6.45, 7) is 9.56. The van der Waals surface area contributed by atoms with Crippen molar-refractivity contribution in [2.45, 2.75) is 44.9 Å². The predicted octanol–water partition coefficient (Wildman–Crippen LogP) is 0.925. The zero-order valence-electron chi connectivity index (χ0n) is 14.8. The predicted molar refractivity (Wildman–Crippen MR) is 91.5 cm³/mol. The number of methoxy groups -OCH3 is 1. The Bertz CT molecular complexity index is 598. The first-order chi connectivity index (χ1) is 11.2. The molecule has 3 rings (SSSR count). The molecule has 0 radical (unpaired) electrons. The van der Waals surface area contributed by atoms with Gasteiger partial charge in [0.25, 0.3) is 0 Å². The number of alkyl carbamates (subject to hydrolysis) is 1. The van der Waals surface area contributed by atoms with E-state index < -0.39 is 13.2 Å². The lowest BCUT2D eigenvalue weighted by Crippen LogP contribution is -2.59. The SMILES string of the molecule is COC(=O)NC1CN(c2ccc(B3OC(C)(C)C(C)(C)O3)cn2)C1. The average Bonchev–Trinajstić information content (AvgIpc) is 2.71. The normalized spacial score (nSPS) is 22.2. The monoisotopic (exact) mass is 333 g/mol. The number of hydrogen-bond donors (Lipinski definition) is 1. The molecule has 8 heteroatoms. The van der Waals surface area contributed by atoms with Crippen molar-refractivity contribution < 1.29 is 18.8 Å². The number of nitrogens with zero attached hydrogens (tertiary/aromatic N) is 2. The fraction of sp³-hybridized carbons (Fsp3) is 0.625. The van der Waals surface area contributed by atoms with E-state index in [0.29, 0.717) is 0 Å². The topological polar surface area (TPSA) is 72.9 Å². The maximum Gasteiger partial charge on any atom is 0.496 e. The minimum atomic E-state index is -0.401. The Balaban J connectivity index is 1.59. The first-order valence-corrected chi connectivity index (χ1v) is 8.13. The molecule has 0 bridgehead atoms. The number of nitrogens with one attached hydrogen (secondary N) is 1. The van der Waals surface area contributed by atoms with Crippen molar-refractivity contribution in [3.63, 3.8) is 0 Å². The summed E-state index contributed by atoms with van der Waals surface area (Å²) in [5.41, 5.74) is 0.184. The first-order valence-electron chi connectivity index (χ1n) is 8.13. The van der Waals surface area contributed by atoms with Crippen LogP contribution in [-0.4, -0.2) is 55.6 Å². The van der Waals surface area contributed by atoms with E-state index in [1.54, 1.807) is 6.20 Å². The Labute approximate surface area is 142 Å². The Hall–Kier alpha value is -1.80. The summed E-state index contributed by atoms with van der Waals surface area (Å²) in [7, 11) is 0.962. The second-order valence-electron chi connectivity index (χ2n) is 7.28. The summed E-state index contributed by atoms with van der Waals surface area (Å²) < 4.78 is 16.6. The van der Waals surface area contributed by atoms with E-state index in [9.17, 15) is 4.79 Å². The van der Waals surface area contributed by atoms with Crippen molar-refractivity contribution in [1.29, 1.82) is 0 Å². The molecule has 1 aromatic heterocycles. The van der Waals surface area contributed by atoms with Crippen LogP contribution < -0.4 is 15.7 Å². The van der Waals surface area contributed by atoms with Crippen LogP contribution in [0.1, 0.15) is 27.7 Å². The van der Waals surface area contributed by atoms with Gasteiger partial charge >= 0.3 is 13.2 Å². The van der Waals surface area contributed by atoms with Crippen LogP contribution in [0.2, 0.25) is 0 Å². The maximum atomic E-state index is 11.2. The van der Waals surface area contributed by atoms with Crippen molar-refractivity contribution in [1.82, 2.24) is 10.3 Å². The molecule has 130 valence electrons. The highest BCUT2D eigenvalue weighted by atomic mass is 16.7. The van der Waals surface area contributed by atoms with Crippen molar-refractivity contribution in [2.75, 3.05) is 25.1 Å². The second kappa shape index (κ2) is 5.93. The summed E-state index contributed by atoms with van der Waals surface area (Å²) in [5.74, 6) is 0.873. The highest BCUT2D eigenvalue weighted by molar-refractivity contribution is 6.62. The minimum Gasteiger partial charge on any atom is -0.453 e. The number of carbonyl (C=O) groups excluding carboxylic acids is 1. The highest BCUT2D eigenvalue weighted by Crippen LogP contribution is 2.36. The van der Waals surface area contributed by atoms with Crippen LogP contribution in [0.4, 0.5) is 10.6 Å². The smallest absolute Gasteiger partial charge is 0.453 e. The molecule has 0 spiro atoms. The molecule has 0 saturated carbocycles. The van der Waals surface area contributed by atoms with Crippen LogP contribution in [0.5, 0.6) is 0 Å². The van der Waals surface area contributed by atoms with Crippen LogP contribution in [-0.2, 0) is 14.0 Å². The zero-order valence-corrected chi connectivity index (χ0v) is 14.8. The number of amides is 1. The van der Waals surface area contributed by atoms with Gasteiger partial charge in [-0.3, -0.25) is 0 Å². The Kier molecular flexibility index (Phi) is 4.21. The van der Waals surface area contributed by atoms with E-state index in [1.807, 2.05) is 39.8 Å². The molecule has 0 unspecified atom stereocenters. The third kappa shape index (κ3) is 3.08. The van der Waals surface area contributed by atoms with Gasteiger partial charge < -0.3 is 24.3 Å². The molecule has 2 aliphatic rings. The van der Waals surface area contributed by atoms with Crippen molar-refractivity contribution >= 4 is 24.5 Å². The number of rotatable bonds is 3. The molecule has 2 saturated heterocycles. The fourth-order valence-electron chi connectivity index (χ4n) is 2.69. The van der Waals surface area contributed by atoms with Crippen molar-refractivity contribution in [3.8, 4) is 0 Å². The van der Waals surface area contributed by atoms with Gasteiger partial charge in [0.15, 0.2) is 0 Å². The first kappa shape index (κ1) is 17.0. The van der Waals surface area contributed by atoms with E-state index in [2.05, 4.69) is 19.9 Å². The summed E-state index contributed by atoms with van der Waals surface area (Å²) in [4.78, 5) is 17.7. The molecule has 7 nitrogen and oxygen atoms in total. The summed E-state index contributed by atoms with van der Waals surface area (Å²) in [6, 6.07) is 4.03. The van der Waals surface area contributed by atoms with Gasteiger partial charge in [-0.05, 0) is 33.8 Å². The molecule has 0 atom stereocenters. The Morgan fingerprint density at radius 1 is 1.29 bits per heavy atom. The minimum absolute atomic E-state index is 0.0991. The maximum absolute atomic E-state index is 11.2. The van der Waals surface area contributed by atoms with E-state index in [0.717, 1.165) is 24.4 Å². The summed E-state index contributed by atoms with van der Waals surface area (Å²) in [6.07, 6.45) is 1.39. The third-order valence-electron chi connectivity index (χ3n) is 5.01. The zero-order chi connectivity index (χ0) is 17.5. The van der Waals surface area contributed by atoms with E-state index in [-0.39, 0.29) is 17.2 Å². The van der Waals surface area contributed by atoms with Gasteiger partial charge in [-0.2, -0.15) is 0 Å². The lowest BCUT2D eigenvalue weighted by Gasteiger charge is -2.40. The average molecular weight is 333 g/mol. The van der Waals surface area contributed by atoms with Gasteiger partial charge in [-0.25, -0.2) is 9.78 Å². The van der Waals surface area contributed by atoms with Gasteiger partial charge in [-0.1, -0.05) is 6.07 Å². The Morgan fingerprint density at radius 2 is 1.92 bits per heavy atom. The lowest BCUT2D eigenvalue weighted by atomic mass is 9.80. The molecule has 1 N–H and O–H groups in total. The van der Waals surface area contributed by atoms with Crippen LogP contribution in [0.3, 0.4) is 0 Å². The number of hydrogen-bond acceptors (Lipinski definition) is 6. The van der Waals surface area contributed by atoms with E-state index >= 15 is 0 Å². The third-order valence-corrected chi connectivity index (χ3v) is 5.01.